The van der Waals surface area contributed by atoms with Crippen LogP contribution in [-0.4, -0.2) is 45.6 Å². The molecule has 1 saturated heterocycles. The van der Waals surface area contributed by atoms with Crippen LogP contribution in [0.5, 0.6) is 5.88 Å². The van der Waals surface area contributed by atoms with E-state index in [0.29, 0.717) is 11.8 Å². The number of pyridine rings is 1. The van der Waals surface area contributed by atoms with E-state index in [0.717, 1.165) is 44.3 Å². The second-order valence-corrected chi connectivity index (χ2v) is 6.54. The van der Waals surface area contributed by atoms with Crippen LogP contribution in [0, 0.1) is 0 Å². The SMILES string of the molecule is COc1ccc(CN2CCC[C@@H]2c2nc(C(=O)NC3CC3)no2)cn1. The zero-order valence-corrected chi connectivity index (χ0v) is 14.1. The Morgan fingerprint density at radius 3 is 3.00 bits per heavy atom. The summed E-state index contributed by atoms with van der Waals surface area (Å²) in [5.74, 6) is 0.992. The standard InChI is InChI=1S/C17H21N5O3/c1-24-14-7-4-11(9-18-14)10-22-8-2-3-13(22)17-20-15(21-25-17)16(23)19-12-5-6-12/h4,7,9,12-13H,2-3,5-6,8,10H2,1H3,(H,19,23)/t13-/m1/s1. The van der Waals surface area contributed by atoms with E-state index in [9.17, 15) is 4.79 Å². The van der Waals surface area contributed by atoms with Crippen LogP contribution < -0.4 is 10.1 Å². The zero-order chi connectivity index (χ0) is 17.2. The van der Waals surface area contributed by atoms with Gasteiger partial charge in [-0.15, -0.1) is 0 Å². The Labute approximate surface area is 145 Å². The third-order valence-corrected chi connectivity index (χ3v) is 4.60. The number of rotatable bonds is 6. The Kier molecular flexibility index (Phi) is 4.35. The van der Waals surface area contributed by atoms with Gasteiger partial charge in [-0.25, -0.2) is 4.98 Å². The van der Waals surface area contributed by atoms with Gasteiger partial charge < -0.3 is 14.6 Å². The first-order valence-corrected chi connectivity index (χ1v) is 8.60. The fourth-order valence-electron chi connectivity index (χ4n) is 3.10. The van der Waals surface area contributed by atoms with Crippen LogP contribution in [0.4, 0.5) is 0 Å². The summed E-state index contributed by atoms with van der Waals surface area (Å²) < 4.78 is 10.5. The second kappa shape index (κ2) is 6.79. The Bertz CT molecular complexity index is 741. The van der Waals surface area contributed by atoms with Gasteiger partial charge in [-0.3, -0.25) is 9.69 Å². The summed E-state index contributed by atoms with van der Waals surface area (Å²) in [5.41, 5.74) is 1.10. The molecule has 1 N–H and O–H groups in total. The van der Waals surface area contributed by atoms with Crippen molar-refractivity contribution in [2.24, 2.45) is 0 Å². The van der Waals surface area contributed by atoms with Crippen LogP contribution in [0.15, 0.2) is 22.9 Å². The first kappa shape index (κ1) is 16.0. The van der Waals surface area contributed by atoms with Gasteiger partial charge in [0.05, 0.1) is 13.2 Å². The number of carbonyl (C=O) groups is 1. The lowest BCUT2D eigenvalue weighted by Gasteiger charge is -2.21. The number of methoxy groups -OCH3 is 1. The number of nitrogens with zero attached hydrogens (tertiary/aromatic N) is 4. The molecule has 8 nitrogen and oxygen atoms in total. The maximum absolute atomic E-state index is 12.0. The maximum atomic E-state index is 12.0. The zero-order valence-electron chi connectivity index (χ0n) is 14.1. The number of likely N-dealkylation sites (tertiary alicyclic amines) is 1. The summed E-state index contributed by atoms with van der Waals surface area (Å²) >= 11 is 0. The molecule has 2 aliphatic rings. The number of ether oxygens (including phenoxy) is 1. The molecule has 2 aromatic rings. The molecule has 0 spiro atoms. The van der Waals surface area contributed by atoms with Gasteiger partial charge in [-0.05, 0) is 37.8 Å². The van der Waals surface area contributed by atoms with Gasteiger partial charge in [-0.2, -0.15) is 4.98 Å². The van der Waals surface area contributed by atoms with E-state index in [1.54, 1.807) is 7.11 Å². The Balaban J connectivity index is 1.43. The van der Waals surface area contributed by atoms with Gasteiger partial charge in [0.1, 0.15) is 0 Å². The average Bonchev–Trinajstić information content (AvgIpc) is 3.12. The first-order valence-electron chi connectivity index (χ1n) is 8.60. The van der Waals surface area contributed by atoms with Gasteiger partial charge >= 0.3 is 0 Å². The van der Waals surface area contributed by atoms with E-state index in [1.165, 1.54) is 0 Å². The highest BCUT2D eigenvalue weighted by atomic mass is 16.5. The number of nitrogens with one attached hydrogen (secondary N) is 1. The number of aromatic nitrogens is 3. The lowest BCUT2D eigenvalue weighted by molar-refractivity contribution is 0.0937. The predicted molar refractivity (Wildman–Crippen MR) is 88.0 cm³/mol. The van der Waals surface area contributed by atoms with Crippen molar-refractivity contribution in [2.45, 2.75) is 44.3 Å². The van der Waals surface area contributed by atoms with Crippen LogP contribution >= 0.6 is 0 Å². The maximum Gasteiger partial charge on any atom is 0.292 e. The lowest BCUT2D eigenvalue weighted by Crippen LogP contribution is -2.27. The van der Waals surface area contributed by atoms with Crippen molar-refractivity contribution in [1.29, 1.82) is 0 Å². The summed E-state index contributed by atoms with van der Waals surface area (Å²) in [4.78, 5) is 22.9. The largest absolute Gasteiger partial charge is 0.481 e. The molecule has 2 aromatic heterocycles. The van der Waals surface area contributed by atoms with E-state index < -0.39 is 0 Å². The third kappa shape index (κ3) is 3.63. The molecule has 1 saturated carbocycles. The molecule has 2 fully saturated rings. The van der Waals surface area contributed by atoms with Crippen LogP contribution in [0.25, 0.3) is 0 Å². The van der Waals surface area contributed by atoms with Crippen LogP contribution in [0.1, 0.15) is 53.8 Å². The summed E-state index contributed by atoms with van der Waals surface area (Å²) in [6.07, 6.45) is 5.87. The minimum atomic E-state index is -0.249. The van der Waals surface area contributed by atoms with Gasteiger partial charge in [0.15, 0.2) is 0 Å². The van der Waals surface area contributed by atoms with Crippen LogP contribution in [-0.2, 0) is 6.54 Å². The monoisotopic (exact) mass is 343 g/mol. The second-order valence-electron chi connectivity index (χ2n) is 6.54. The first-order chi connectivity index (χ1) is 12.2. The van der Waals surface area contributed by atoms with Crippen molar-refractivity contribution in [3.05, 3.63) is 35.6 Å². The molecule has 0 aromatic carbocycles. The molecule has 8 heteroatoms. The highest BCUT2D eigenvalue weighted by Gasteiger charge is 2.32. The summed E-state index contributed by atoms with van der Waals surface area (Å²) in [7, 11) is 1.60. The van der Waals surface area contributed by atoms with Crippen molar-refractivity contribution < 1.29 is 14.1 Å². The van der Waals surface area contributed by atoms with Gasteiger partial charge in [-0.1, -0.05) is 11.2 Å². The number of carbonyl (C=O) groups excluding carboxylic acids is 1. The number of amides is 1. The fraction of sp³-hybridized carbons (Fsp3) is 0.529. The molecule has 0 bridgehead atoms. The molecule has 25 heavy (non-hydrogen) atoms. The molecular weight excluding hydrogens is 322 g/mol. The Morgan fingerprint density at radius 2 is 2.28 bits per heavy atom. The van der Waals surface area contributed by atoms with Crippen molar-refractivity contribution in [3.8, 4) is 5.88 Å². The van der Waals surface area contributed by atoms with Gasteiger partial charge in [0, 0.05) is 24.8 Å². The number of hydrogen-bond acceptors (Lipinski definition) is 7. The van der Waals surface area contributed by atoms with Crippen molar-refractivity contribution in [2.75, 3.05) is 13.7 Å². The molecule has 0 unspecified atom stereocenters. The normalized spacial score (nSPS) is 20.6. The van der Waals surface area contributed by atoms with E-state index >= 15 is 0 Å². The molecule has 4 rings (SSSR count). The minimum absolute atomic E-state index is 0.0390. The topological polar surface area (TPSA) is 93.4 Å². The predicted octanol–water partition coefficient (Wildman–Crippen LogP) is 1.70. The lowest BCUT2D eigenvalue weighted by atomic mass is 10.2. The molecule has 1 aliphatic carbocycles. The summed E-state index contributed by atoms with van der Waals surface area (Å²) in [6.45, 7) is 1.69. The van der Waals surface area contributed by atoms with Crippen molar-refractivity contribution >= 4 is 5.91 Å². The van der Waals surface area contributed by atoms with E-state index in [4.69, 9.17) is 9.26 Å². The molecule has 0 radical (unpaired) electrons. The van der Waals surface area contributed by atoms with Crippen LogP contribution in [0.2, 0.25) is 0 Å². The van der Waals surface area contributed by atoms with Crippen molar-refractivity contribution in [3.63, 3.8) is 0 Å². The van der Waals surface area contributed by atoms with E-state index in [1.807, 2.05) is 18.3 Å². The molecule has 3 heterocycles. The number of hydrogen-bond donors (Lipinski definition) is 1. The van der Waals surface area contributed by atoms with E-state index in [-0.39, 0.29) is 23.8 Å². The van der Waals surface area contributed by atoms with Gasteiger partial charge in [0.25, 0.3) is 11.7 Å². The highest BCUT2D eigenvalue weighted by Crippen LogP contribution is 2.32. The average molecular weight is 343 g/mol. The van der Waals surface area contributed by atoms with Crippen LogP contribution in [0.3, 0.4) is 0 Å². The highest BCUT2D eigenvalue weighted by molar-refractivity contribution is 5.90. The van der Waals surface area contributed by atoms with E-state index in [2.05, 4.69) is 25.3 Å². The molecule has 1 aliphatic heterocycles. The molecule has 1 atom stereocenters. The molecule has 132 valence electrons. The summed E-state index contributed by atoms with van der Waals surface area (Å²) in [5, 5.41) is 6.73. The molecular formula is C17H21N5O3. The Morgan fingerprint density at radius 1 is 1.40 bits per heavy atom. The fourth-order valence-corrected chi connectivity index (χ4v) is 3.10. The summed E-state index contributed by atoms with van der Waals surface area (Å²) in [6, 6.07) is 4.17. The minimum Gasteiger partial charge on any atom is -0.481 e. The molecule has 1 amide bonds. The quantitative estimate of drug-likeness (QED) is 0.853. The van der Waals surface area contributed by atoms with Gasteiger partial charge in [0.2, 0.25) is 11.8 Å². The smallest absolute Gasteiger partial charge is 0.292 e. The third-order valence-electron chi connectivity index (χ3n) is 4.60. The van der Waals surface area contributed by atoms with Crippen molar-refractivity contribution in [1.82, 2.24) is 25.3 Å². The Hall–Kier alpha value is -2.48.